The number of hydrogen-bond acceptors (Lipinski definition) is 4. The van der Waals surface area contributed by atoms with Gasteiger partial charge in [-0.05, 0) is 30.3 Å². The molecule has 2 aromatic carbocycles. The Morgan fingerprint density at radius 2 is 2.05 bits per heavy atom. The number of rotatable bonds is 3. The monoisotopic (exact) mass is 354 g/mol. The van der Waals surface area contributed by atoms with Crippen molar-refractivity contribution in [2.45, 2.75) is 0 Å². The molecule has 0 amide bonds. The molecule has 0 bridgehead atoms. The summed E-state index contributed by atoms with van der Waals surface area (Å²) in [5.41, 5.74) is 0.664. The van der Waals surface area contributed by atoms with Gasteiger partial charge in [-0.3, -0.25) is 15.1 Å². The van der Waals surface area contributed by atoms with Crippen molar-refractivity contribution in [3.05, 3.63) is 61.6 Å². The summed E-state index contributed by atoms with van der Waals surface area (Å²) in [6.07, 6.45) is 1.42. The van der Waals surface area contributed by atoms with Gasteiger partial charge in [-0.15, -0.1) is 0 Å². The van der Waals surface area contributed by atoms with Crippen molar-refractivity contribution in [2.75, 3.05) is 0 Å². The van der Waals surface area contributed by atoms with Gasteiger partial charge in [-0.2, -0.15) is 0 Å². The number of halogens is 2. The van der Waals surface area contributed by atoms with Crippen LogP contribution in [0.1, 0.15) is 5.56 Å². The number of nitro groups is 1. The van der Waals surface area contributed by atoms with Gasteiger partial charge in [0, 0.05) is 22.3 Å². The van der Waals surface area contributed by atoms with Gasteiger partial charge in [0.15, 0.2) is 0 Å². The number of phenolic OH excluding ortho intramolecular Hbond substituents is 1. The van der Waals surface area contributed by atoms with E-state index in [0.717, 1.165) is 4.47 Å². The average Bonchev–Trinajstić information content (AvgIpc) is 2.41. The highest BCUT2D eigenvalue weighted by Gasteiger charge is 2.12. The molecule has 0 unspecified atom stereocenters. The Hall–Kier alpha value is -1.92. The maximum absolute atomic E-state index is 10.8. The van der Waals surface area contributed by atoms with E-state index in [1.54, 1.807) is 18.2 Å². The molecule has 0 saturated carbocycles. The van der Waals surface area contributed by atoms with E-state index in [2.05, 4.69) is 20.9 Å². The fourth-order valence-electron chi connectivity index (χ4n) is 1.49. The van der Waals surface area contributed by atoms with E-state index in [4.69, 9.17) is 11.6 Å². The summed E-state index contributed by atoms with van der Waals surface area (Å²) in [6.45, 7) is 0. The first-order valence-corrected chi connectivity index (χ1v) is 6.61. The van der Waals surface area contributed by atoms with Crippen molar-refractivity contribution >= 4 is 45.1 Å². The van der Waals surface area contributed by atoms with E-state index < -0.39 is 4.92 Å². The molecule has 0 saturated heterocycles. The smallest absolute Gasteiger partial charge is 0.290 e. The standard InChI is InChI=1S/C13H8BrClN2O3/c14-9-1-4-13(18)8(5-9)7-16-10-2-3-11(15)12(6-10)17(19)20/h1-7,18H. The van der Waals surface area contributed by atoms with Crippen LogP contribution in [0.2, 0.25) is 5.02 Å². The minimum Gasteiger partial charge on any atom is -0.507 e. The van der Waals surface area contributed by atoms with Gasteiger partial charge in [0.2, 0.25) is 0 Å². The number of nitro benzene ring substituents is 1. The van der Waals surface area contributed by atoms with E-state index in [-0.39, 0.29) is 16.5 Å². The molecule has 2 aromatic rings. The first-order valence-electron chi connectivity index (χ1n) is 5.44. The summed E-state index contributed by atoms with van der Waals surface area (Å²) < 4.78 is 0.791. The summed E-state index contributed by atoms with van der Waals surface area (Å²) in [5.74, 6) is 0.0698. The van der Waals surface area contributed by atoms with Crippen LogP contribution >= 0.6 is 27.5 Å². The summed E-state index contributed by atoms with van der Waals surface area (Å²) in [7, 11) is 0. The molecule has 5 nitrogen and oxygen atoms in total. The first-order chi connectivity index (χ1) is 9.47. The lowest BCUT2D eigenvalue weighted by Gasteiger charge is -2.00. The van der Waals surface area contributed by atoms with Crippen LogP contribution in [0.4, 0.5) is 11.4 Å². The highest BCUT2D eigenvalue weighted by Crippen LogP contribution is 2.29. The van der Waals surface area contributed by atoms with Crippen LogP contribution in [0.3, 0.4) is 0 Å². The van der Waals surface area contributed by atoms with E-state index >= 15 is 0 Å². The zero-order valence-electron chi connectivity index (χ0n) is 9.96. The van der Waals surface area contributed by atoms with Crippen LogP contribution in [0, 0.1) is 10.1 Å². The van der Waals surface area contributed by atoms with Crippen molar-refractivity contribution in [1.82, 2.24) is 0 Å². The lowest BCUT2D eigenvalue weighted by Crippen LogP contribution is -1.88. The Balaban J connectivity index is 2.34. The van der Waals surface area contributed by atoms with Crippen molar-refractivity contribution < 1.29 is 10.0 Å². The molecule has 0 aliphatic carbocycles. The molecule has 0 aromatic heterocycles. The highest BCUT2D eigenvalue weighted by atomic mass is 79.9. The lowest BCUT2D eigenvalue weighted by atomic mass is 10.2. The molecule has 0 atom stereocenters. The molecular weight excluding hydrogens is 348 g/mol. The van der Waals surface area contributed by atoms with E-state index in [1.165, 1.54) is 24.4 Å². The third-order valence-electron chi connectivity index (χ3n) is 2.47. The molecule has 0 aliphatic heterocycles. The number of nitrogens with zero attached hydrogens (tertiary/aromatic N) is 2. The zero-order valence-corrected chi connectivity index (χ0v) is 12.3. The average molecular weight is 356 g/mol. The van der Waals surface area contributed by atoms with E-state index in [9.17, 15) is 15.2 Å². The highest BCUT2D eigenvalue weighted by molar-refractivity contribution is 9.10. The van der Waals surface area contributed by atoms with Gasteiger partial charge < -0.3 is 5.11 Å². The van der Waals surface area contributed by atoms with Gasteiger partial charge in [0.05, 0.1) is 10.6 Å². The number of aliphatic imine (C=N–C) groups is 1. The molecule has 20 heavy (non-hydrogen) atoms. The Kier molecular flexibility index (Phi) is 4.36. The van der Waals surface area contributed by atoms with Crippen molar-refractivity contribution in [3.63, 3.8) is 0 Å². The molecule has 0 radical (unpaired) electrons. The van der Waals surface area contributed by atoms with Crippen LogP contribution in [0.5, 0.6) is 5.75 Å². The van der Waals surface area contributed by atoms with Crippen LogP contribution in [-0.4, -0.2) is 16.2 Å². The molecule has 102 valence electrons. The second-order valence-electron chi connectivity index (χ2n) is 3.85. The molecule has 2 rings (SSSR count). The number of benzene rings is 2. The van der Waals surface area contributed by atoms with Gasteiger partial charge in [-0.1, -0.05) is 27.5 Å². The molecule has 0 heterocycles. The van der Waals surface area contributed by atoms with Gasteiger partial charge in [0.25, 0.3) is 5.69 Å². The van der Waals surface area contributed by atoms with Crippen LogP contribution in [0.15, 0.2) is 45.9 Å². The quantitative estimate of drug-likeness (QED) is 0.501. The number of phenols is 1. The molecule has 7 heteroatoms. The molecule has 0 fully saturated rings. The van der Waals surface area contributed by atoms with Crippen LogP contribution in [0.25, 0.3) is 0 Å². The van der Waals surface area contributed by atoms with Gasteiger partial charge in [0.1, 0.15) is 10.8 Å². The second-order valence-corrected chi connectivity index (χ2v) is 5.18. The Labute approximate surface area is 127 Å². The Bertz CT molecular complexity index is 704. The minimum absolute atomic E-state index is 0.0549. The number of aromatic hydroxyl groups is 1. The summed E-state index contributed by atoms with van der Waals surface area (Å²) in [4.78, 5) is 14.3. The fraction of sp³-hybridized carbons (Fsp3) is 0. The third kappa shape index (κ3) is 3.34. The molecule has 0 spiro atoms. The van der Waals surface area contributed by atoms with Crippen LogP contribution in [-0.2, 0) is 0 Å². The van der Waals surface area contributed by atoms with E-state index in [0.29, 0.717) is 11.3 Å². The lowest BCUT2D eigenvalue weighted by molar-refractivity contribution is -0.384. The second kappa shape index (κ2) is 6.02. The van der Waals surface area contributed by atoms with Crippen molar-refractivity contribution in [1.29, 1.82) is 0 Å². The van der Waals surface area contributed by atoms with Gasteiger partial charge in [-0.25, -0.2) is 0 Å². The van der Waals surface area contributed by atoms with Crippen molar-refractivity contribution in [3.8, 4) is 5.75 Å². The maximum Gasteiger partial charge on any atom is 0.290 e. The zero-order chi connectivity index (χ0) is 14.7. The molecule has 0 aliphatic rings. The molecular formula is C13H8BrClN2O3. The summed E-state index contributed by atoms with van der Waals surface area (Å²) in [6, 6.07) is 9.14. The topological polar surface area (TPSA) is 75.7 Å². The van der Waals surface area contributed by atoms with Crippen LogP contribution < -0.4 is 0 Å². The van der Waals surface area contributed by atoms with Crippen molar-refractivity contribution in [2.24, 2.45) is 4.99 Å². The third-order valence-corrected chi connectivity index (χ3v) is 3.28. The Morgan fingerprint density at radius 1 is 1.30 bits per heavy atom. The SMILES string of the molecule is O=[N+]([O-])c1cc(N=Cc2cc(Br)ccc2O)ccc1Cl. The van der Waals surface area contributed by atoms with Gasteiger partial charge >= 0.3 is 0 Å². The largest absolute Gasteiger partial charge is 0.507 e. The predicted octanol–water partition coefficient (Wildman–Crippen LogP) is 4.47. The summed E-state index contributed by atoms with van der Waals surface area (Å²) >= 11 is 9.00. The maximum atomic E-state index is 10.8. The number of hydrogen-bond donors (Lipinski definition) is 1. The first kappa shape index (κ1) is 14.5. The fourth-order valence-corrected chi connectivity index (χ4v) is 2.06. The Morgan fingerprint density at radius 3 is 2.75 bits per heavy atom. The van der Waals surface area contributed by atoms with E-state index in [1.807, 2.05) is 0 Å². The minimum atomic E-state index is -0.571. The predicted molar refractivity (Wildman–Crippen MR) is 81.2 cm³/mol. The normalized spacial score (nSPS) is 10.9. The molecule has 1 N–H and O–H groups in total. The summed E-state index contributed by atoms with van der Waals surface area (Å²) in [5, 5.41) is 20.5.